The van der Waals surface area contributed by atoms with E-state index in [1.807, 2.05) is 39.0 Å². The maximum Gasteiger partial charge on any atom is 0.232 e. The lowest BCUT2D eigenvalue weighted by molar-refractivity contribution is -0.122. The van der Waals surface area contributed by atoms with Gasteiger partial charge in [0.15, 0.2) is 0 Å². The zero-order valence-corrected chi connectivity index (χ0v) is 20.2. The van der Waals surface area contributed by atoms with Crippen LogP contribution in [0.3, 0.4) is 0 Å². The van der Waals surface area contributed by atoms with Gasteiger partial charge in [-0.05, 0) is 45.4 Å². The summed E-state index contributed by atoms with van der Waals surface area (Å²) >= 11 is 0. The third-order valence-electron chi connectivity index (χ3n) is 5.46. The zero-order valence-electron chi connectivity index (χ0n) is 19.3. The molecule has 1 amide bonds. The molecule has 0 aliphatic carbocycles. The molecule has 0 unspecified atom stereocenters. The number of amides is 1. The molecule has 1 heterocycles. The molecule has 1 N–H and O–H groups in total. The summed E-state index contributed by atoms with van der Waals surface area (Å²) in [6.45, 7) is 6.23. The van der Waals surface area contributed by atoms with E-state index in [0.717, 1.165) is 23.1 Å². The minimum Gasteiger partial charge on any atom is -0.497 e. The van der Waals surface area contributed by atoms with Gasteiger partial charge in [-0.3, -0.25) is 9.10 Å². The van der Waals surface area contributed by atoms with Gasteiger partial charge in [-0.25, -0.2) is 8.42 Å². The largest absolute Gasteiger partial charge is 0.497 e. The first-order chi connectivity index (χ1) is 15.0. The van der Waals surface area contributed by atoms with E-state index in [2.05, 4.69) is 5.32 Å². The van der Waals surface area contributed by atoms with Gasteiger partial charge in [-0.1, -0.05) is 23.8 Å². The predicted octanol–water partition coefficient (Wildman–Crippen LogP) is 3.97. The maximum atomic E-state index is 12.7. The van der Waals surface area contributed by atoms with Gasteiger partial charge in [0.2, 0.25) is 15.9 Å². The van der Waals surface area contributed by atoms with Crippen LogP contribution in [0.5, 0.6) is 11.5 Å². The number of ether oxygens (including phenoxy) is 2. The van der Waals surface area contributed by atoms with Crippen molar-refractivity contribution >= 4 is 21.6 Å². The molecule has 0 fully saturated rings. The average molecular weight is 461 g/mol. The van der Waals surface area contributed by atoms with Crippen LogP contribution in [-0.2, 0) is 14.8 Å². The van der Waals surface area contributed by atoms with E-state index in [9.17, 15) is 13.2 Å². The van der Waals surface area contributed by atoms with E-state index < -0.39 is 10.0 Å². The number of methoxy groups -OCH3 is 1. The van der Waals surface area contributed by atoms with Crippen molar-refractivity contribution in [2.24, 2.45) is 0 Å². The summed E-state index contributed by atoms with van der Waals surface area (Å²) in [6, 6.07) is 12.7. The summed E-state index contributed by atoms with van der Waals surface area (Å²) in [6.07, 6.45) is 2.43. The lowest BCUT2D eigenvalue weighted by Crippen LogP contribution is -2.41. The first-order valence-electron chi connectivity index (χ1n) is 10.7. The van der Waals surface area contributed by atoms with E-state index in [0.29, 0.717) is 24.3 Å². The van der Waals surface area contributed by atoms with Crippen molar-refractivity contribution in [1.29, 1.82) is 0 Å². The minimum atomic E-state index is -3.50. The second-order valence-corrected chi connectivity index (χ2v) is 10.8. The Morgan fingerprint density at radius 2 is 2.00 bits per heavy atom. The first kappa shape index (κ1) is 23.9. The quantitative estimate of drug-likeness (QED) is 0.644. The fraction of sp³-hybridized carbons (Fsp3) is 0.458. The number of sulfonamides is 1. The molecule has 174 valence electrons. The van der Waals surface area contributed by atoms with Crippen molar-refractivity contribution < 1.29 is 22.7 Å². The molecule has 7 nitrogen and oxygen atoms in total. The van der Waals surface area contributed by atoms with Crippen molar-refractivity contribution in [1.82, 2.24) is 5.32 Å². The summed E-state index contributed by atoms with van der Waals surface area (Å²) in [4.78, 5) is 12.7. The molecule has 3 rings (SSSR count). The van der Waals surface area contributed by atoms with Crippen LogP contribution < -0.4 is 19.1 Å². The van der Waals surface area contributed by atoms with E-state index in [1.165, 1.54) is 11.4 Å². The second kappa shape index (κ2) is 9.40. The van der Waals surface area contributed by atoms with E-state index >= 15 is 0 Å². The fourth-order valence-corrected chi connectivity index (χ4v) is 4.96. The molecule has 2 aromatic carbocycles. The lowest BCUT2D eigenvalue weighted by atomic mass is 9.89. The van der Waals surface area contributed by atoms with Crippen LogP contribution in [-0.4, -0.2) is 39.8 Å². The molecule has 2 aromatic rings. The maximum absolute atomic E-state index is 12.7. The highest BCUT2D eigenvalue weighted by molar-refractivity contribution is 7.92. The number of nitrogens with one attached hydrogen (secondary N) is 1. The SMILES string of the molecule is COc1cccc(N(CCCC(=O)N[C@@H]2CC(C)(C)Oc3ccc(C)cc32)S(C)(=O)=O)c1. The van der Waals surface area contributed by atoms with Crippen LogP contribution in [0.15, 0.2) is 42.5 Å². The van der Waals surface area contributed by atoms with Gasteiger partial charge in [0.25, 0.3) is 0 Å². The number of carbonyl (C=O) groups excluding carboxylic acids is 1. The molecule has 0 saturated carbocycles. The van der Waals surface area contributed by atoms with Crippen LogP contribution in [0.2, 0.25) is 0 Å². The fourth-order valence-electron chi connectivity index (χ4n) is 4.00. The van der Waals surface area contributed by atoms with Crippen molar-refractivity contribution in [3.05, 3.63) is 53.6 Å². The topological polar surface area (TPSA) is 84.9 Å². The van der Waals surface area contributed by atoms with Crippen LogP contribution in [0.25, 0.3) is 0 Å². The highest BCUT2D eigenvalue weighted by Crippen LogP contribution is 2.39. The summed E-state index contributed by atoms with van der Waals surface area (Å²) < 4.78 is 37.2. The molecule has 32 heavy (non-hydrogen) atoms. The smallest absolute Gasteiger partial charge is 0.232 e. The van der Waals surface area contributed by atoms with Gasteiger partial charge < -0.3 is 14.8 Å². The molecule has 0 spiro atoms. The van der Waals surface area contributed by atoms with Crippen LogP contribution >= 0.6 is 0 Å². The van der Waals surface area contributed by atoms with Crippen LogP contribution in [0, 0.1) is 6.92 Å². The highest BCUT2D eigenvalue weighted by Gasteiger charge is 2.34. The Kier molecular flexibility index (Phi) is 7.03. The zero-order chi connectivity index (χ0) is 23.5. The molecule has 8 heteroatoms. The average Bonchev–Trinajstić information content (AvgIpc) is 2.70. The minimum absolute atomic E-state index is 0.112. The van der Waals surface area contributed by atoms with Crippen molar-refractivity contribution in [3.63, 3.8) is 0 Å². The number of rotatable bonds is 8. The van der Waals surface area contributed by atoms with Gasteiger partial charge in [-0.15, -0.1) is 0 Å². The number of hydrogen-bond donors (Lipinski definition) is 1. The molecular weight excluding hydrogens is 428 g/mol. The Hall–Kier alpha value is -2.74. The number of carbonyl (C=O) groups is 1. The summed E-state index contributed by atoms with van der Waals surface area (Å²) in [5.74, 6) is 1.25. The Labute approximate surface area is 190 Å². The number of aryl methyl sites for hydroxylation is 1. The molecule has 0 bridgehead atoms. The van der Waals surface area contributed by atoms with Crippen LogP contribution in [0.1, 0.15) is 50.3 Å². The molecule has 0 radical (unpaired) electrons. The molecule has 1 atom stereocenters. The number of fused-ring (bicyclic) bond motifs is 1. The molecule has 0 aromatic heterocycles. The summed E-state index contributed by atoms with van der Waals surface area (Å²) in [5, 5.41) is 3.12. The van der Waals surface area contributed by atoms with Gasteiger partial charge in [-0.2, -0.15) is 0 Å². The number of hydrogen-bond acceptors (Lipinski definition) is 5. The third kappa shape index (κ3) is 5.94. The van der Waals surface area contributed by atoms with Gasteiger partial charge >= 0.3 is 0 Å². The van der Waals surface area contributed by atoms with E-state index in [4.69, 9.17) is 9.47 Å². The Morgan fingerprint density at radius 1 is 1.25 bits per heavy atom. The second-order valence-electron chi connectivity index (χ2n) is 8.87. The van der Waals surface area contributed by atoms with E-state index in [-0.39, 0.29) is 30.5 Å². The molecule has 0 saturated heterocycles. The van der Waals surface area contributed by atoms with E-state index in [1.54, 1.807) is 24.3 Å². The standard InChI is InChI=1S/C24H32N2O5S/c1-17-11-12-22-20(14-17)21(16-24(2,3)31-22)25-23(27)10-7-13-26(32(5,28)29)18-8-6-9-19(15-18)30-4/h6,8-9,11-12,14-15,21H,7,10,13,16H2,1-5H3,(H,25,27)/t21-/m1/s1. The van der Waals surface area contributed by atoms with Gasteiger partial charge in [0, 0.05) is 31.0 Å². The number of anilines is 1. The predicted molar refractivity (Wildman–Crippen MR) is 126 cm³/mol. The highest BCUT2D eigenvalue weighted by atomic mass is 32.2. The molecular formula is C24H32N2O5S. The third-order valence-corrected chi connectivity index (χ3v) is 6.66. The first-order valence-corrected chi connectivity index (χ1v) is 12.5. The summed E-state index contributed by atoms with van der Waals surface area (Å²) in [7, 11) is -1.97. The Morgan fingerprint density at radius 3 is 2.69 bits per heavy atom. The normalized spacial score (nSPS) is 17.1. The Bertz CT molecular complexity index is 1080. The van der Waals surface area contributed by atoms with Crippen molar-refractivity contribution in [2.75, 3.05) is 24.2 Å². The molecule has 1 aliphatic heterocycles. The number of nitrogens with zero attached hydrogens (tertiary/aromatic N) is 1. The Balaban J connectivity index is 1.66. The lowest BCUT2D eigenvalue weighted by Gasteiger charge is -2.38. The monoisotopic (exact) mass is 460 g/mol. The van der Waals surface area contributed by atoms with Gasteiger partial charge in [0.1, 0.15) is 17.1 Å². The van der Waals surface area contributed by atoms with Crippen LogP contribution in [0.4, 0.5) is 5.69 Å². The van der Waals surface area contributed by atoms with Crippen molar-refractivity contribution in [3.8, 4) is 11.5 Å². The summed E-state index contributed by atoms with van der Waals surface area (Å²) in [5.41, 5.74) is 2.21. The van der Waals surface area contributed by atoms with Gasteiger partial charge in [0.05, 0.1) is 25.1 Å². The number of benzene rings is 2. The van der Waals surface area contributed by atoms with Crippen molar-refractivity contribution in [2.45, 2.75) is 51.7 Å². The molecule has 1 aliphatic rings.